The van der Waals surface area contributed by atoms with Crippen LogP contribution in [-0.4, -0.2) is 17.6 Å². The van der Waals surface area contributed by atoms with Crippen LogP contribution in [0.2, 0.25) is 0 Å². The molecule has 1 aromatic rings. The highest BCUT2D eigenvalue weighted by atomic mass is 16.3. The third-order valence-corrected chi connectivity index (χ3v) is 2.28. The second-order valence-corrected chi connectivity index (χ2v) is 3.40. The lowest BCUT2D eigenvalue weighted by molar-refractivity contribution is -0.121. The monoisotopic (exact) mass is 207 g/mol. The molecule has 3 heteroatoms. The first-order chi connectivity index (χ1) is 7.27. The summed E-state index contributed by atoms with van der Waals surface area (Å²) in [5.74, 6) is 0.0114. The van der Waals surface area contributed by atoms with E-state index in [4.69, 9.17) is 5.11 Å². The Hall–Kier alpha value is -1.35. The Morgan fingerprint density at radius 3 is 2.60 bits per heavy atom. The molecule has 82 valence electrons. The van der Waals surface area contributed by atoms with Gasteiger partial charge >= 0.3 is 0 Å². The normalized spacial score (nSPS) is 12.1. The highest BCUT2D eigenvalue weighted by molar-refractivity contribution is 5.76. The number of carbonyl (C=O) groups is 1. The maximum Gasteiger partial charge on any atom is 0.220 e. The van der Waals surface area contributed by atoms with E-state index in [0.717, 1.165) is 5.56 Å². The maximum absolute atomic E-state index is 11.3. The summed E-state index contributed by atoms with van der Waals surface area (Å²) >= 11 is 0. The lowest BCUT2D eigenvalue weighted by Gasteiger charge is -2.17. The van der Waals surface area contributed by atoms with Crippen molar-refractivity contribution in [1.82, 2.24) is 5.32 Å². The summed E-state index contributed by atoms with van der Waals surface area (Å²) in [6.07, 6.45) is 1.02. The Bertz CT molecular complexity index is 298. The van der Waals surface area contributed by atoms with E-state index in [1.807, 2.05) is 37.3 Å². The number of rotatable bonds is 5. The van der Waals surface area contributed by atoms with E-state index < -0.39 is 0 Å². The first-order valence-electron chi connectivity index (χ1n) is 5.23. The van der Waals surface area contributed by atoms with Crippen LogP contribution in [-0.2, 0) is 4.79 Å². The van der Waals surface area contributed by atoms with Crippen molar-refractivity contribution in [2.24, 2.45) is 0 Å². The molecular weight excluding hydrogens is 190 g/mol. The van der Waals surface area contributed by atoms with Gasteiger partial charge in [-0.3, -0.25) is 4.79 Å². The van der Waals surface area contributed by atoms with Gasteiger partial charge in [0.25, 0.3) is 0 Å². The first-order valence-corrected chi connectivity index (χ1v) is 5.23. The Labute approximate surface area is 90.1 Å². The Morgan fingerprint density at radius 2 is 2.07 bits per heavy atom. The molecule has 0 aliphatic carbocycles. The fourth-order valence-electron chi connectivity index (χ4n) is 1.43. The molecule has 0 fully saturated rings. The van der Waals surface area contributed by atoms with E-state index in [2.05, 4.69) is 5.32 Å². The van der Waals surface area contributed by atoms with E-state index in [9.17, 15) is 4.79 Å². The minimum absolute atomic E-state index is 0.0114. The van der Waals surface area contributed by atoms with E-state index in [1.54, 1.807) is 0 Å². The van der Waals surface area contributed by atoms with Crippen LogP contribution < -0.4 is 5.32 Å². The van der Waals surface area contributed by atoms with Gasteiger partial charge in [0.05, 0.1) is 6.04 Å². The van der Waals surface area contributed by atoms with Crippen molar-refractivity contribution in [3.8, 4) is 0 Å². The van der Waals surface area contributed by atoms with E-state index in [0.29, 0.717) is 12.8 Å². The van der Waals surface area contributed by atoms with Crippen LogP contribution in [0.25, 0.3) is 0 Å². The average Bonchev–Trinajstić information content (AvgIpc) is 2.29. The lowest BCUT2D eigenvalue weighted by atomic mass is 10.0. The van der Waals surface area contributed by atoms with Crippen molar-refractivity contribution >= 4 is 5.91 Å². The van der Waals surface area contributed by atoms with Gasteiger partial charge in [-0.05, 0) is 12.0 Å². The molecule has 1 amide bonds. The molecule has 0 saturated carbocycles. The van der Waals surface area contributed by atoms with Crippen molar-refractivity contribution in [3.05, 3.63) is 35.9 Å². The number of nitrogens with one attached hydrogen (secondary N) is 1. The number of aliphatic hydroxyl groups is 1. The Kier molecular flexibility index (Phi) is 4.84. The van der Waals surface area contributed by atoms with Crippen molar-refractivity contribution in [1.29, 1.82) is 0 Å². The van der Waals surface area contributed by atoms with Crippen LogP contribution in [0.4, 0.5) is 0 Å². The average molecular weight is 207 g/mol. The lowest BCUT2D eigenvalue weighted by Crippen LogP contribution is -2.28. The molecule has 0 spiro atoms. The second kappa shape index (κ2) is 6.19. The van der Waals surface area contributed by atoms with Crippen molar-refractivity contribution in [2.75, 3.05) is 6.61 Å². The second-order valence-electron chi connectivity index (χ2n) is 3.40. The van der Waals surface area contributed by atoms with Gasteiger partial charge in [-0.2, -0.15) is 0 Å². The predicted molar refractivity (Wildman–Crippen MR) is 59.3 cm³/mol. The van der Waals surface area contributed by atoms with Gasteiger partial charge < -0.3 is 10.4 Å². The van der Waals surface area contributed by atoms with Crippen molar-refractivity contribution in [3.63, 3.8) is 0 Å². The van der Waals surface area contributed by atoms with E-state index in [1.165, 1.54) is 0 Å². The number of hydrogen-bond donors (Lipinski definition) is 2. The van der Waals surface area contributed by atoms with Crippen LogP contribution >= 0.6 is 0 Å². The van der Waals surface area contributed by atoms with Crippen LogP contribution in [0.3, 0.4) is 0 Å². The van der Waals surface area contributed by atoms with Gasteiger partial charge in [-0.15, -0.1) is 0 Å². The fraction of sp³-hybridized carbons (Fsp3) is 0.417. The zero-order valence-corrected chi connectivity index (χ0v) is 8.94. The molecule has 15 heavy (non-hydrogen) atoms. The van der Waals surface area contributed by atoms with Gasteiger partial charge in [0.15, 0.2) is 0 Å². The molecule has 0 bridgehead atoms. The van der Waals surface area contributed by atoms with Crippen LogP contribution in [0, 0.1) is 0 Å². The van der Waals surface area contributed by atoms with Crippen LogP contribution in [0.1, 0.15) is 31.4 Å². The number of amides is 1. The smallest absolute Gasteiger partial charge is 0.220 e. The highest BCUT2D eigenvalue weighted by Gasteiger charge is 2.12. The number of aliphatic hydroxyl groups excluding tert-OH is 1. The summed E-state index contributed by atoms with van der Waals surface area (Å²) < 4.78 is 0. The largest absolute Gasteiger partial charge is 0.396 e. The third-order valence-electron chi connectivity index (χ3n) is 2.28. The maximum atomic E-state index is 11.3. The molecular formula is C12H17NO2. The molecule has 1 unspecified atom stereocenters. The summed E-state index contributed by atoms with van der Waals surface area (Å²) in [5, 5.41) is 11.8. The molecule has 1 atom stereocenters. The summed E-state index contributed by atoms with van der Waals surface area (Å²) in [7, 11) is 0. The number of hydrogen-bond acceptors (Lipinski definition) is 2. The fourth-order valence-corrected chi connectivity index (χ4v) is 1.43. The van der Waals surface area contributed by atoms with Crippen LogP contribution in [0.15, 0.2) is 30.3 Å². The molecule has 0 aromatic heterocycles. The molecule has 0 saturated heterocycles. The first kappa shape index (κ1) is 11.7. The highest BCUT2D eigenvalue weighted by Crippen LogP contribution is 2.15. The molecule has 1 aromatic carbocycles. The molecule has 0 aliphatic rings. The third kappa shape index (κ3) is 3.72. The summed E-state index contributed by atoms with van der Waals surface area (Å²) in [5.41, 5.74) is 1.04. The summed E-state index contributed by atoms with van der Waals surface area (Å²) in [6.45, 7) is 1.89. The minimum Gasteiger partial charge on any atom is -0.396 e. The van der Waals surface area contributed by atoms with Gasteiger partial charge in [0.1, 0.15) is 0 Å². The van der Waals surface area contributed by atoms with Crippen LogP contribution in [0.5, 0.6) is 0 Å². The standard InChI is InChI=1S/C12H17NO2/c1-2-12(15)13-11(8-9-14)10-6-4-3-5-7-10/h3-7,11,14H,2,8-9H2,1H3,(H,13,15). The van der Waals surface area contributed by atoms with E-state index >= 15 is 0 Å². The molecule has 2 N–H and O–H groups in total. The summed E-state index contributed by atoms with van der Waals surface area (Å²) in [4.78, 5) is 11.3. The quantitative estimate of drug-likeness (QED) is 0.771. The van der Waals surface area contributed by atoms with Gasteiger partial charge in [-0.25, -0.2) is 0 Å². The minimum atomic E-state index is -0.0800. The molecule has 0 aliphatic heterocycles. The molecule has 0 radical (unpaired) electrons. The van der Waals surface area contributed by atoms with Gasteiger partial charge in [-0.1, -0.05) is 37.3 Å². The SMILES string of the molecule is CCC(=O)NC(CCO)c1ccccc1. The van der Waals surface area contributed by atoms with Gasteiger partial charge in [0.2, 0.25) is 5.91 Å². The summed E-state index contributed by atoms with van der Waals surface area (Å²) in [6, 6.07) is 9.62. The van der Waals surface area contributed by atoms with Crippen molar-refractivity contribution < 1.29 is 9.90 Å². The topological polar surface area (TPSA) is 49.3 Å². The zero-order valence-electron chi connectivity index (χ0n) is 8.94. The van der Waals surface area contributed by atoms with E-state index in [-0.39, 0.29) is 18.6 Å². The van der Waals surface area contributed by atoms with Gasteiger partial charge in [0, 0.05) is 13.0 Å². The molecule has 3 nitrogen and oxygen atoms in total. The van der Waals surface area contributed by atoms with Crippen molar-refractivity contribution in [2.45, 2.75) is 25.8 Å². The number of benzene rings is 1. The molecule has 1 rings (SSSR count). The number of carbonyl (C=O) groups excluding carboxylic acids is 1. The predicted octanol–water partition coefficient (Wildman–Crippen LogP) is 1.64. The molecule has 0 heterocycles. The Balaban J connectivity index is 2.70. The Morgan fingerprint density at radius 1 is 1.40 bits per heavy atom. The zero-order chi connectivity index (χ0) is 11.1.